The van der Waals surface area contributed by atoms with Crippen LogP contribution >= 0.6 is 0 Å². The van der Waals surface area contributed by atoms with Crippen molar-refractivity contribution in [1.82, 2.24) is 29.5 Å². The summed E-state index contributed by atoms with van der Waals surface area (Å²) in [6.07, 6.45) is -3.03. The number of aromatic nitrogens is 6. The fourth-order valence-corrected chi connectivity index (χ4v) is 4.51. The minimum atomic E-state index is -4.62. The average Bonchev–Trinajstić information content (AvgIpc) is 3.34. The fourth-order valence-electron chi connectivity index (χ4n) is 4.51. The van der Waals surface area contributed by atoms with Crippen LogP contribution in [0.1, 0.15) is 31.5 Å². The van der Waals surface area contributed by atoms with E-state index in [1.807, 2.05) is 0 Å². The number of rotatable bonds is 6. The first kappa shape index (κ1) is 23.4. The van der Waals surface area contributed by atoms with Gasteiger partial charge in [0.05, 0.1) is 18.3 Å². The molecule has 4 aromatic rings. The van der Waals surface area contributed by atoms with E-state index in [4.69, 9.17) is 0 Å². The number of anilines is 1. The topological polar surface area (TPSA) is 93.5 Å². The van der Waals surface area contributed by atoms with Crippen molar-refractivity contribution in [2.45, 2.75) is 64.1 Å². The summed E-state index contributed by atoms with van der Waals surface area (Å²) < 4.78 is 68.8. The van der Waals surface area contributed by atoms with Crippen molar-refractivity contribution in [2.75, 3.05) is 5.32 Å². The van der Waals surface area contributed by atoms with Crippen molar-refractivity contribution in [3.05, 3.63) is 30.4 Å². The molecule has 4 aromatic heterocycles. The molecule has 0 amide bonds. The monoisotopic (exact) mass is 495 g/mol. The van der Waals surface area contributed by atoms with Crippen LogP contribution < -0.4 is 5.32 Å². The molecule has 8 nitrogen and oxygen atoms in total. The highest BCUT2D eigenvalue weighted by Gasteiger charge is 2.35. The van der Waals surface area contributed by atoms with Crippen molar-refractivity contribution < 1.29 is 26.7 Å². The first-order chi connectivity index (χ1) is 16.7. The Morgan fingerprint density at radius 1 is 1.14 bits per heavy atom. The molecular weight excluding hydrogens is 473 g/mol. The molecule has 0 atom stereocenters. The van der Waals surface area contributed by atoms with Gasteiger partial charge >= 0.3 is 6.36 Å². The minimum absolute atomic E-state index is 0.0580. The average molecular weight is 495 g/mol. The van der Waals surface area contributed by atoms with Crippen LogP contribution in [0.4, 0.5) is 27.9 Å². The Morgan fingerprint density at radius 2 is 1.91 bits per heavy atom. The Bertz CT molecular complexity index is 1340. The predicted molar refractivity (Wildman–Crippen MR) is 118 cm³/mol. The number of halogens is 5. The number of ether oxygens (including phenoxy) is 1. The summed E-state index contributed by atoms with van der Waals surface area (Å²) in [6.45, 7) is 1.17. The maximum atomic E-state index is 13.0. The lowest BCUT2D eigenvalue weighted by Crippen LogP contribution is -2.33. The van der Waals surface area contributed by atoms with Crippen molar-refractivity contribution >= 4 is 28.1 Å². The number of nitrogens with one attached hydrogen (secondary N) is 2. The lowest BCUT2D eigenvalue weighted by atomic mass is 9.93. The van der Waals surface area contributed by atoms with Crippen molar-refractivity contribution in [2.24, 2.45) is 0 Å². The van der Waals surface area contributed by atoms with Gasteiger partial charge in [-0.15, -0.1) is 13.2 Å². The van der Waals surface area contributed by atoms with Crippen LogP contribution in [0.2, 0.25) is 0 Å². The Balaban J connectivity index is 1.34. The van der Waals surface area contributed by atoms with Crippen LogP contribution in [0, 0.1) is 6.92 Å². The summed E-state index contributed by atoms with van der Waals surface area (Å²) in [4.78, 5) is 20.8. The second-order valence-corrected chi connectivity index (χ2v) is 8.54. The van der Waals surface area contributed by atoms with Gasteiger partial charge in [0, 0.05) is 29.4 Å². The van der Waals surface area contributed by atoms with Crippen LogP contribution in [-0.4, -0.2) is 54.4 Å². The van der Waals surface area contributed by atoms with E-state index in [2.05, 4.69) is 35.0 Å². The smallest absolute Gasteiger partial charge is 0.351 e. The first-order valence-electron chi connectivity index (χ1n) is 11.1. The summed E-state index contributed by atoms with van der Waals surface area (Å²) in [5.74, 6) is 0.821. The van der Waals surface area contributed by atoms with Gasteiger partial charge in [0.1, 0.15) is 17.0 Å². The van der Waals surface area contributed by atoms with Crippen LogP contribution in [-0.2, 0) is 11.3 Å². The number of H-pyrrole nitrogens is 1. The maximum absolute atomic E-state index is 13.0. The molecule has 0 unspecified atom stereocenters. The molecule has 0 aromatic carbocycles. The van der Waals surface area contributed by atoms with Crippen LogP contribution in [0.25, 0.3) is 33.5 Å². The van der Waals surface area contributed by atoms with E-state index in [0.29, 0.717) is 70.9 Å². The number of imidazole rings is 1. The van der Waals surface area contributed by atoms with E-state index < -0.39 is 25.4 Å². The summed E-state index contributed by atoms with van der Waals surface area (Å²) in [7, 11) is 0. The van der Waals surface area contributed by atoms with E-state index in [1.54, 1.807) is 31.5 Å². The lowest BCUT2D eigenvalue weighted by Gasteiger charge is -2.29. The summed E-state index contributed by atoms with van der Waals surface area (Å²) in [6, 6.07) is 3.44. The highest BCUT2D eigenvalue weighted by atomic mass is 19.4. The number of alkyl halides is 5. The summed E-state index contributed by atoms with van der Waals surface area (Å²) in [5.41, 5.74) is 2.72. The summed E-state index contributed by atoms with van der Waals surface area (Å²) >= 11 is 0. The molecule has 1 fully saturated rings. The Morgan fingerprint density at radius 3 is 2.63 bits per heavy atom. The molecular formula is C22H22F5N7O. The number of aromatic amines is 1. The zero-order valence-corrected chi connectivity index (χ0v) is 18.6. The van der Waals surface area contributed by atoms with Gasteiger partial charge in [-0.25, -0.2) is 23.7 Å². The number of fused-ring (bicyclic) bond motifs is 2. The molecule has 186 valence electrons. The van der Waals surface area contributed by atoms with Crippen LogP contribution in [0.15, 0.2) is 24.5 Å². The van der Waals surface area contributed by atoms with Crippen molar-refractivity contribution in [3.63, 3.8) is 0 Å². The van der Waals surface area contributed by atoms with Gasteiger partial charge in [-0.1, -0.05) is 0 Å². The molecule has 2 N–H and O–H groups in total. The molecule has 5 rings (SSSR count). The standard InChI is InChI=1S/C22H22F5N7O/c1-11-30-17-7-6-16(32-20(17)34(11)10-18(23)24)14-8-28-19-15(14)9-29-21(33-19)31-12-2-4-13(5-3-12)35-22(25,26)27/h6-9,12-13,18H,2-5,10H2,1H3,(H2,28,29,31,33)/t12-,13+. The van der Waals surface area contributed by atoms with E-state index >= 15 is 0 Å². The normalized spacial score (nSPS) is 19.2. The second-order valence-electron chi connectivity index (χ2n) is 8.54. The van der Waals surface area contributed by atoms with Crippen molar-refractivity contribution in [1.29, 1.82) is 0 Å². The molecule has 1 aliphatic rings. The fraction of sp³-hybridized carbons (Fsp3) is 0.455. The Hall–Kier alpha value is -3.35. The molecule has 0 aliphatic heterocycles. The third-order valence-electron chi connectivity index (χ3n) is 6.12. The third kappa shape index (κ3) is 5.04. The van der Waals surface area contributed by atoms with Crippen LogP contribution in [0.5, 0.6) is 0 Å². The largest absolute Gasteiger partial charge is 0.522 e. The first-order valence-corrected chi connectivity index (χ1v) is 11.1. The van der Waals surface area contributed by atoms with E-state index in [-0.39, 0.29) is 6.04 Å². The molecule has 13 heteroatoms. The zero-order valence-electron chi connectivity index (χ0n) is 18.6. The maximum Gasteiger partial charge on any atom is 0.522 e. The molecule has 35 heavy (non-hydrogen) atoms. The molecule has 1 saturated carbocycles. The quantitative estimate of drug-likeness (QED) is 0.357. The Kier molecular flexibility index (Phi) is 6.03. The number of hydrogen-bond acceptors (Lipinski definition) is 6. The van der Waals surface area contributed by atoms with Gasteiger partial charge < -0.3 is 14.9 Å². The molecule has 4 heterocycles. The van der Waals surface area contributed by atoms with E-state index in [9.17, 15) is 22.0 Å². The van der Waals surface area contributed by atoms with Gasteiger partial charge in [0.2, 0.25) is 5.95 Å². The van der Waals surface area contributed by atoms with E-state index in [1.165, 1.54) is 4.57 Å². The molecule has 0 radical (unpaired) electrons. The van der Waals surface area contributed by atoms with Gasteiger partial charge in [-0.3, -0.25) is 4.74 Å². The number of nitrogens with zero attached hydrogens (tertiary/aromatic N) is 5. The summed E-state index contributed by atoms with van der Waals surface area (Å²) in [5, 5.41) is 3.88. The predicted octanol–water partition coefficient (Wildman–Crippen LogP) is 5.20. The number of hydrogen-bond donors (Lipinski definition) is 2. The molecule has 0 spiro atoms. The lowest BCUT2D eigenvalue weighted by molar-refractivity contribution is -0.345. The van der Waals surface area contributed by atoms with Gasteiger partial charge in [-0.05, 0) is 44.7 Å². The second kappa shape index (κ2) is 9.02. The molecule has 0 bridgehead atoms. The number of pyridine rings is 1. The molecule has 0 saturated heterocycles. The van der Waals surface area contributed by atoms with E-state index in [0.717, 1.165) is 0 Å². The third-order valence-corrected chi connectivity index (χ3v) is 6.12. The highest BCUT2D eigenvalue weighted by Crippen LogP contribution is 2.31. The Labute approximate surface area is 195 Å². The highest BCUT2D eigenvalue weighted by molar-refractivity contribution is 5.93. The molecule has 1 aliphatic carbocycles. The van der Waals surface area contributed by atoms with Crippen molar-refractivity contribution in [3.8, 4) is 11.3 Å². The van der Waals surface area contributed by atoms with Gasteiger partial charge in [0.25, 0.3) is 6.43 Å². The van der Waals surface area contributed by atoms with Gasteiger partial charge in [0.15, 0.2) is 5.65 Å². The van der Waals surface area contributed by atoms with Gasteiger partial charge in [-0.2, -0.15) is 4.98 Å². The minimum Gasteiger partial charge on any atom is -0.351 e. The zero-order chi connectivity index (χ0) is 24.7. The SMILES string of the molecule is Cc1nc2ccc(-c3c[nH]c4nc(N[C@H]5CC[C@@H](OC(F)(F)F)CC5)ncc34)nc2n1CC(F)F. The van der Waals surface area contributed by atoms with Crippen LogP contribution in [0.3, 0.4) is 0 Å². The number of aryl methyl sites for hydroxylation is 1.